The number of alkyl halides is 3. The summed E-state index contributed by atoms with van der Waals surface area (Å²) in [5.41, 5.74) is 4.19. The van der Waals surface area contributed by atoms with Crippen molar-refractivity contribution in [2.75, 3.05) is 5.32 Å². The molecule has 0 aliphatic rings. The molecule has 0 aliphatic carbocycles. The van der Waals surface area contributed by atoms with Crippen LogP contribution in [-0.4, -0.2) is 11.5 Å². The second kappa shape index (κ2) is 5.92. The van der Waals surface area contributed by atoms with Crippen LogP contribution in [0, 0.1) is 0 Å². The number of halogens is 3. The molecule has 4 nitrogen and oxygen atoms in total. The normalized spacial score (nSPS) is 14.1. The third-order valence-corrected chi connectivity index (χ3v) is 3.60. The number of phenolic OH excluding ortho intramolecular Hbond substituents is 1. The van der Waals surface area contributed by atoms with Gasteiger partial charge in [-0.05, 0) is 30.7 Å². The summed E-state index contributed by atoms with van der Waals surface area (Å²) >= 11 is 0. The van der Waals surface area contributed by atoms with Crippen molar-refractivity contribution >= 4 is 12.1 Å². The lowest BCUT2D eigenvalue weighted by molar-refractivity contribution is -0.137. The molecule has 0 fully saturated rings. The van der Waals surface area contributed by atoms with Crippen LogP contribution in [0.2, 0.25) is 0 Å². The van der Waals surface area contributed by atoms with Crippen LogP contribution in [0.4, 0.5) is 18.9 Å². The summed E-state index contributed by atoms with van der Waals surface area (Å²) in [6.45, 7) is 1.53. The van der Waals surface area contributed by atoms with Gasteiger partial charge in [0.25, 0.3) is 0 Å². The zero-order valence-corrected chi connectivity index (χ0v) is 12.2. The molecule has 0 saturated carbocycles. The molecule has 0 radical (unpaired) electrons. The second-order valence-corrected chi connectivity index (χ2v) is 5.24. The molecular formula is C16H15F3N2O2. The molecular weight excluding hydrogens is 309 g/mol. The highest BCUT2D eigenvalue weighted by Crippen LogP contribution is 2.41. The monoisotopic (exact) mass is 324 g/mol. The Morgan fingerprint density at radius 1 is 1.09 bits per heavy atom. The first kappa shape index (κ1) is 16.8. The molecule has 0 heterocycles. The van der Waals surface area contributed by atoms with Crippen LogP contribution in [0.25, 0.3) is 0 Å². The van der Waals surface area contributed by atoms with Gasteiger partial charge in [0.1, 0.15) is 5.75 Å². The number of anilines is 1. The number of hydrogen-bond donors (Lipinski definition) is 3. The molecule has 2 rings (SSSR count). The quantitative estimate of drug-likeness (QED) is 0.756. The lowest BCUT2D eigenvalue weighted by atomic mass is 9.83. The standard InChI is InChI=1S/C16H15F3N2O2/c1-15(20,10-5-7-11(23)8-6-10)12-3-2-4-13(16(17,18)19)14(12)21-9-22/h2-9,23H,20H2,1H3,(H,21,22). The maximum Gasteiger partial charge on any atom is 0.418 e. The predicted octanol–water partition coefficient (Wildman–Crippen LogP) is 3.20. The number of amides is 1. The van der Waals surface area contributed by atoms with Crippen LogP contribution in [0.15, 0.2) is 42.5 Å². The van der Waals surface area contributed by atoms with E-state index in [0.29, 0.717) is 5.56 Å². The number of rotatable bonds is 4. The Bertz CT molecular complexity index is 710. The van der Waals surface area contributed by atoms with Gasteiger partial charge in [0.15, 0.2) is 0 Å². The SMILES string of the molecule is CC(N)(c1ccc(O)cc1)c1cccc(C(F)(F)F)c1NC=O. The molecule has 4 N–H and O–H groups in total. The zero-order valence-electron chi connectivity index (χ0n) is 12.2. The first-order chi connectivity index (χ1) is 10.7. The van der Waals surface area contributed by atoms with E-state index in [-0.39, 0.29) is 23.4 Å². The molecule has 23 heavy (non-hydrogen) atoms. The summed E-state index contributed by atoms with van der Waals surface area (Å²) in [4.78, 5) is 10.8. The lowest BCUT2D eigenvalue weighted by Crippen LogP contribution is -2.35. The molecule has 0 bridgehead atoms. The molecule has 1 atom stereocenters. The fourth-order valence-corrected chi connectivity index (χ4v) is 2.40. The van der Waals surface area contributed by atoms with Crippen LogP contribution in [0.1, 0.15) is 23.6 Å². The fraction of sp³-hybridized carbons (Fsp3) is 0.188. The van der Waals surface area contributed by atoms with Crippen molar-refractivity contribution < 1.29 is 23.1 Å². The van der Waals surface area contributed by atoms with Crippen LogP contribution in [-0.2, 0) is 16.5 Å². The molecule has 0 aliphatic heterocycles. The van der Waals surface area contributed by atoms with E-state index in [0.717, 1.165) is 6.07 Å². The van der Waals surface area contributed by atoms with E-state index in [4.69, 9.17) is 5.73 Å². The highest BCUT2D eigenvalue weighted by atomic mass is 19.4. The summed E-state index contributed by atoms with van der Waals surface area (Å²) in [5.74, 6) is 0.0137. The Labute approximate surface area is 130 Å². The molecule has 2 aromatic carbocycles. The third kappa shape index (κ3) is 3.29. The average Bonchev–Trinajstić information content (AvgIpc) is 2.47. The Hall–Kier alpha value is -2.54. The number of hydrogen-bond acceptors (Lipinski definition) is 3. The largest absolute Gasteiger partial charge is 0.508 e. The number of carbonyl (C=O) groups is 1. The van der Waals surface area contributed by atoms with Gasteiger partial charge in [-0.15, -0.1) is 0 Å². The first-order valence-electron chi connectivity index (χ1n) is 6.67. The minimum atomic E-state index is -4.63. The van der Waals surface area contributed by atoms with Gasteiger partial charge >= 0.3 is 6.18 Å². The second-order valence-electron chi connectivity index (χ2n) is 5.24. The van der Waals surface area contributed by atoms with E-state index in [2.05, 4.69) is 5.32 Å². The van der Waals surface area contributed by atoms with E-state index in [9.17, 15) is 23.1 Å². The molecule has 0 spiro atoms. The number of phenols is 1. The van der Waals surface area contributed by atoms with Crippen LogP contribution in [0.5, 0.6) is 5.75 Å². The maximum atomic E-state index is 13.2. The van der Waals surface area contributed by atoms with E-state index >= 15 is 0 Å². The molecule has 2 aromatic rings. The smallest absolute Gasteiger partial charge is 0.418 e. The van der Waals surface area contributed by atoms with Gasteiger partial charge in [-0.1, -0.05) is 24.3 Å². The summed E-state index contributed by atoms with van der Waals surface area (Å²) in [6, 6.07) is 9.35. The summed E-state index contributed by atoms with van der Waals surface area (Å²) < 4.78 is 39.5. The van der Waals surface area contributed by atoms with Crippen LogP contribution >= 0.6 is 0 Å². The number of aromatic hydroxyl groups is 1. The van der Waals surface area contributed by atoms with Gasteiger partial charge in [-0.2, -0.15) is 13.2 Å². The Kier molecular flexibility index (Phi) is 4.33. The van der Waals surface area contributed by atoms with Gasteiger partial charge in [-0.3, -0.25) is 4.79 Å². The Balaban J connectivity index is 2.66. The number of nitrogens with two attached hydrogens (primary N) is 1. The minimum absolute atomic E-state index is 0.0137. The highest BCUT2D eigenvalue weighted by molar-refractivity contribution is 5.77. The average molecular weight is 324 g/mol. The predicted molar refractivity (Wildman–Crippen MR) is 79.9 cm³/mol. The highest BCUT2D eigenvalue weighted by Gasteiger charge is 2.37. The maximum absolute atomic E-state index is 13.2. The summed E-state index contributed by atoms with van der Waals surface area (Å²) in [5, 5.41) is 11.4. The van der Waals surface area contributed by atoms with Gasteiger partial charge in [0.05, 0.1) is 16.8 Å². The molecule has 7 heteroatoms. The van der Waals surface area contributed by atoms with E-state index < -0.39 is 17.3 Å². The number of benzene rings is 2. The lowest BCUT2D eigenvalue weighted by Gasteiger charge is -2.29. The van der Waals surface area contributed by atoms with E-state index in [1.165, 1.54) is 43.3 Å². The van der Waals surface area contributed by atoms with Gasteiger partial charge in [-0.25, -0.2) is 0 Å². The van der Waals surface area contributed by atoms with Gasteiger partial charge in [0.2, 0.25) is 6.41 Å². The topological polar surface area (TPSA) is 75.3 Å². The van der Waals surface area contributed by atoms with Crippen LogP contribution in [0.3, 0.4) is 0 Å². The minimum Gasteiger partial charge on any atom is -0.508 e. The van der Waals surface area contributed by atoms with Crippen molar-refractivity contribution in [3.63, 3.8) is 0 Å². The van der Waals surface area contributed by atoms with E-state index in [1.54, 1.807) is 0 Å². The van der Waals surface area contributed by atoms with Crippen molar-refractivity contribution in [2.24, 2.45) is 5.73 Å². The van der Waals surface area contributed by atoms with Crippen molar-refractivity contribution in [1.29, 1.82) is 0 Å². The van der Waals surface area contributed by atoms with Crippen molar-refractivity contribution in [2.45, 2.75) is 18.6 Å². The van der Waals surface area contributed by atoms with E-state index in [1.807, 2.05) is 0 Å². The van der Waals surface area contributed by atoms with Gasteiger partial charge < -0.3 is 16.2 Å². The zero-order chi connectivity index (χ0) is 17.3. The Morgan fingerprint density at radius 3 is 2.17 bits per heavy atom. The summed E-state index contributed by atoms with van der Waals surface area (Å²) in [6.07, 6.45) is -4.45. The summed E-state index contributed by atoms with van der Waals surface area (Å²) in [7, 11) is 0. The fourth-order valence-electron chi connectivity index (χ4n) is 2.40. The molecule has 122 valence electrons. The van der Waals surface area contributed by atoms with Crippen molar-refractivity contribution in [3.05, 3.63) is 59.2 Å². The molecule has 1 unspecified atom stereocenters. The molecule has 0 aromatic heterocycles. The third-order valence-electron chi connectivity index (χ3n) is 3.60. The number of carbonyl (C=O) groups excluding carboxylic acids is 1. The first-order valence-corrected chi connectivity index (χ1v) is 6.67. The Morgan fingerprint density at radius 2 is 1.65 bits per heavy atom. The van der Waals surface area contributed by atoms with Crippen LogP contribution < -0.4 is 11.1 Å². The van der Waals surface area contributed by atoms with Crippen molar-refractivity contribution in [1.82, 2.24) is 0 Å². The van der Waals surface area contributed by atoms with Gasteiger partial charge in [0, 0.05) is 5.56 Å². The molecule has 1 amide bonds. The number of para-hydroxylation sites is 1. The molecule has 0 saturated heterocycles. The van der Waals surface area contributed by atoms with Crippen molar-refractivity contribution in [3.8, 4) is 5.75 Å². The number of nitrogens with one attached hydrogen (secondary N) is 1.